The maximum absolute atomic E-state index is 13.5. The van der Waals surface area contributed by atoms with Gasteiger partial charge >= 0.3 is 6.18 Å². The minimum absolute atomic E-state index is 0.0980. The fraction of sp³-hybridized carbons (Fsp3) is 0.200. The van der Waals surface area contributed by atoms with Gasteiger partial charge in [0.1, 0.15) is 5.56 Å². The highest BCUT2D eigenvalue weighted by molar-refractivity contribution is 5.65. The van der Waals surface area contributed by atoms with Crippen LogP contribution >= 0.6 is 0 Å². The Morgan fingerprint density at radius 2 is 1.44 bits per heavy atom. The van der Waals surface area contributed by atoms with Gasteiger partial charge in [0, 0.05) is 24.6 Å². The molecule has 0 fully saturated rings. The van der Waals surface area contributed by atoms with Crippen LogP contribution in [0.25, 0.3) is 0 Å². The van der Waals surface area contributed by atoms with Crippen molar-refractivity contribution in [2.24, 2.45) is 0 Å². The molecule has 0 bridgehead atoms. The van der Waals surface area contributed by atoms with E-state index in [0.29, 0.717) is 11.4 Å². The van der Waals surface area contributed by atoms with Gasteiger partial charge in [-0.15, -0.1) is 0 Å². The Morgan fingerprint density at radius 3 is 2.00 bits per heavy atom. The quantitative estimate of drug-likeness (QED) is 0.645. The zero-order valence-corrected chi connectivity index (χ0v) is 15.2. The molecule has 0 spiro atoms. The van der Waals surface area contributed by atoms with Crippen molar-refractivity contribution in [1.29, 1.82) is 0 Å². The number of aromatic nitrogens is 2. The van der Waals surface area contributed by atoms with Crippen LogP contribution in [0, 0.1) is 13.8 Å². The third kappa shape index (κ3) is 4.36. The molecule has 0 radical (unpaired) electrons. The second-order valence-corrected chi connectivity index (χ2v) is 6.31. The van der Waals surface area contributed by atoms with Crippen LogP contribution in [0.3, 0.4) is 0 Å². The molecule has 0 aliphatic heterocycles. The summed E-state index contributed by atoms with van der Waals surface area (Å²) < 4.78 is 40.4. The lowest BCUT2D eigenvalue weighted by Gasteiger charge is -2.23. The van der Waals surface area contributed by atoms with Crippen LogP contribution in [0.5, 0.6) is 0 Å². The summed E-state index contributed by atoms with van der Waals surface area (Å²) in [6.07, 6.45) is -3.75. The lowest BCUT2D eigenvalue weighted by molar-refractivity contribution is -0.137. The number of alkyl halides is 3. The molecule has 27 heavy (non-hydrogen) atoms. The molecule has 1 N–H and O–H groups in total. The number of hydrogen-bond donors (Lipinski definition) is 1. The highest BCUT2D eigenvalue weighted by Gasteiger charge is 2.36. The summed E-state index contributed by atoms with van der Waals surface area (Å²) in [4.78, 5) is 9.39. The lowest BCUT2D eigenvalue weighted by atomic mass is 10.2. The minimum Gasteiger partial charge on any atom is -0.329 e. The number of hydrogen-bond acceptors (Lipinski definition) is 4. The number of aryl methyl sites for hydroxylation is 2. The lowest BCUT2D eigenvalue weighted by Crippen LogP contribution is -2.19. The highest BCUT2D eigenvalue weighted by Crippen LogP contribution is 2.37. The van der Waals surface area contributed by atoms with Crippen molar-refractivity contribution in [1.82, 2.24) is 9.97 Å². The van der Waals surface area contributed by atoms with E-state index < -0.39 is 11.7 Å². The minimum atomic E-state index is -4.56. The fourth-order valence-electron chi connectivity index (χ4n) is 2.55. The number of halogens is 3. The van der Waals surface area contributed by atoms with Crippen molar-refractivity contribution < 1.29 is 13.2 Å². The Kier molecular flexibility index (Phi) is 5.03. The third-order valence-electron chi connectivity index (χ3n) is 4.12. The van der Waals surface area contributed by atoms with Crippen LogP contribution < -0.4 is 10.2 Å². The van der Waals surface area contributed by atoms with Crippen LogP contribution in [0.2, 0.25) is 0 Å². The molecule has 0 saturated heterocycles. The molecular formula is C20H19F3N4. The Morgan fingerprint density at radius 1 is 0.889 bits per heavy atom. The Balaban J connectivity index is 2.00. The van der Waals surface area contributed by atoms with Gasteiger partial charge in [-0.05, 0) is 38.1 Å². The van der Waals surface area contributed by atoms with Gasteiger partial charge in [-0.25, -0.2) is 4.98 Å². The first-order valence-corrected chi connectivity index (χ1v) is 8.32. The largest absolute Gasteiger partial charge is 0.421 e. The average Bonchev–Trinajstić information content (AvgIpc) is 2.63. The van der Waals surface area contributed by atoms with Crippen molar-refractivity contribution in [2.75, 3.05) is 17.3 Å². The second-order valence-electron chi connectivity index (χ2n) is 6.31. The number of rotatable bonds is 4. The molecule has 4 nitrogen and oxygen atoms in total. The molecule has 0 aliphatic carbocycles. The van der Waals surface area contributed by atoms with Crippen LogP contribution in [0.1, 0.15) is 16.7 Å². The summed E-state index contributed by atoms with van der Waals surface area (Å²) >= 11 is 0. The molecule has 0 aliphatic rings. The third-order valence-corrected chi connectivity index (χ3v) is 4.12. The molecular weight excluding hydrogens is 353 g/mol. The normalized spacial score (nSPS) is 11.3. The fourth-order valence-corrected chi connectivity index (χ4v) is 2.55. The molecule has 2 aromatic carbocycles. The summed E-state index contributed by atoms with van der Waals surface area (Å²) in [5, 5.41) is 2.95. The molecule has 0 atom stereocenters. The van der Waals surface area contributed by atoms with E-state index in [1.54, 1.807) is 19.2 Å². The van der Waals surface area contributed by atoms with Crippen LogP contribution in [0.15, 0.2) is 54.7 Å². The van der Waals surface area contributed by atoms with Crippen LogP contribution in [-0.2, 0) is 6.18 Å². The number of anilines is 4. The maximum atomic E-state index is 13.5. The zero-order chi connectivity index (χ0) is 19.6. The number of benzene rings is 2. The van der Waals surface area contributed by atoms with E-state index in [1.807, 2.05) is 50.2 Å². The Bertz CT molecular complexity index is 919. The molecule has 0 amide bonds. The highest BCUT2D eigenvalue weighted by atomic mass is 19.4. The van der Waals surface area contributed by atoms with E-state index >= 15 is 0 Å². The van der Waals surface area contributed by atoms with E-state index in [2.05, 4.69) is 15.3 Å². The Hall–Kier alpha value is -3.09. The molecule has 1 aromatic heterocycles. The molecule has 3 aromatic rings. The van der Waals surface area contributed by atoms with Gasteiger partial charge in [0.15, 0.2) is 5.82 Å². The molecule has 0 saturated carbocycles. The summed E-state index contributed by atoms with van der Waals surface area (Å²) in [5.74, 6) is -0.114. The van der Waals surface area contributed by atoms with Gasteiger partial charge in [-0.2, -0.15) is 18.2 Å². The first-order chi connectivity index (χ1) is 12.7. The second kappa shape index (κ2) is 7.26. The molecule has 0 unspecified atom stereocenters. The van der Waals surface area contributed by atoms with Crippen LogP contribution in [-0.4, -0.2) is 17.0 Å². The van der Waals surface area contributed by atoms with Gasteiger partial charge in [-0.3, -0.25) is 0 Å². The summed E-state index contributed by atoms with van der Waals surface area (Å²) in [6, 6.07) is 14.6. The molecule has 140 valence electrons. The van der Waals surface area contributed by atoms with Crippen molar-refractivity contribution in [3.05, 3.63) is 71.4 Å². The zero-order valence-electron chi connectivity index (χ0n) is 15.2. The van der Waals surface area contributed by atoms with Gasteiger partial charge in [0.05, 0.1) is 0 Å². The topological polar surface area (TPSA) is 41.1 Å². The van der Waals surface area contributed by atoms with Gasteiger partial charge in [0.2, 0.25) is 5.95 Å². The van der Waals surface area contributed by atoms with Gasteiger partial charge in [0.25, 0.3) is 0 Å². The first kappa shape index (κ1) is 18.7. The van der Waals surface area contributed by atoms with E-state index in [1.165, 1.54) is 4.90 Å². The predicted molar refractivity (Wildman–Crippen MR) is 101 cm³/mol. The van der Waals surface area contributed by atoms with E-state index in [4.69, 9.17) is 0 Å². The van der Waals surface area contributed by atoms with Gasteiger partial charge in [-0.1, -0.05) is 35.4 Å². The number of nitrogens with zero attached hydrogens (tertiary/aromatic N) is 3. The van der Waals surface area contributed by atoms with Crippen molar-refractivity contribution in [3.63, 3.8) is 0 Å². The molecule has 3 rings (SSSR count). The van der Waals surface area contributed by atoms with E-state index in [-0.39, 0.29) is 11.8 Å². The average molecular weight is 372 g/mol. The SMILES string of the molecule is Cc1ccc(Nc2ncc(C(F)(F)F)c(N(C)c3ccc(C)cc3)n2)cc1. The van der Waals surface area contributed by atoms with Crippen molar-refractivity contribution in [3.8, 4) is 0 Å². The summed E-state index contributed by atoms with van der Waals surface area (Å²) in [6.45, 7) is 3.87. The maximum Gasteiger partial charge on any atom is 0.421 e. The summed E-state index contributed by atoms with van der Waals surface area (Å²) in [7, 11) is 1.55. The van der Waals surface area contributed by atoms with E-state index in [0.717, 1.165) is 17.3 Å². The van der Waals surface area contributed by atoms with Crippen LogP contribution in [0.4, 0.5) is 36.3 Å². The first-order valence-electron chi connectivity index (χ1n) is 8.32. The predicted octanol–water partition coefficient (Wildman–Crippen LogP) is 5.62. The Labute approximate surface area is 155 Å². The van der Waals surface area contributed by atoms with Crippen molar-refractivity contribution in [2.45, 2.75) is 20.0 Å². The molecule has 7 heteroatoms. The van der Waals surface area contributed by atoms with Crippen molar-refractivity contribution >= 4 is 23.1 Å². The number of nitrogens with one attached hydrogen (secondary N) is 1. The molecule has 1 heterocycles. The standard InChI is InChI=1S/C20H19F3N4/c1-13-4-8-15(9-5-13)25-19-24-12-17(20(21,22)23)18(26-19)27(3)16-10-6-14(2)7-11-16/h4-12H,1-3H3,(H,24,25,26). The monoisotopic (exact) mass is 372 g/mol. The van der Waals surface area contributed by atoms with E-state index in [9.17, 15) is 13.2 Å². The van der Waals surface area contributed by atoms with Gasteiger partial charge < -0.3 is 10.2 Å². The summed E-state index contributed by atoms with van der Waals surface area (Å²) in [5.41, 5.74) is 2.51. The smallest absolute Gasteiger partial charge is 0.329 e.